The molecule has 2 N–H and O–H groups in total. The Kier molecular flexibility index (Phi) is 5.37. The summed E-state index contributed by atoms with van der Waals surface area (Å²) in [4.78, 5) is 32.4. The van der Waals surface area contributed by atoms with Crippen molar-refractivity contribution in [2.75, 3.05) is 7.05 Å². The number of fused-ring (bicyclic) bond motifs is 1. The Labute approximate surface area is 172 Å². The lowest BCUT2D eigenvalue weighted by Crippen LogP contribution is -2.23. The van der Waals surface area contributed by atoms with Gasteiger partial charge in [-0.3, -0.25) is 14.6 Å². The van der Waals surface area contributed by atoms with Crippen molar-refractivity contribution in [2.45, 2.75) is 44.4 Å². The molecule has 1 aliphatic carbocycles. The van der Waals surface area contributed by atoms with Crippen molar-refractivity contribution in [3.8, 4) is 0 Å². The Morgan fingerprint density at radius 2 is 1.90 bits per heavy atom. The first-order chi connectivity index (χ1) is 14.4. The van der Waals surface area contributed by atoms with Gasteiger partial charge in [0, 0.05) is 30.9 Å². The number of carbonyl (C=O) groups is 1. The number of hydrogen-bond donors (Lipinski definition) is 2. The lowest BCUT2D eigenvalue weighted by Gasteiger charge is -2.33. The fraction of sp³-hybridized carbons (Fsp3) is 0.348. The molecule has 0 radical (unpaired) electrons. The van der Waals surface area contributed by atoms with E-state index in [1.54, 1.807) is 19.1 Å². The van der Waals surface area contributed by atoms with E-state index in [4.69, 9.17) is 0 Å². The number of pyridine rings is 2. The van der Waals surface area contributed by atoms with Crippen molar-refractivity contribution in [1.29, 1.82) is 0 Å². The van der Waals surface area contributed by atoms with Gasteiger partial charge in [-0.15, -0.1) is 0 Å². The Bertz CT molecular complexity index is 1190. The molecule has 1 aromatic carbocycles. The highest BCUT2D eigenvalue weighted by molar-refractivity contribution is 6.04. The molecule has 5 nitrogen and oxygen atoms in total. The van der Waals surface area contributed by atoms with Crippen LogP contribution in [0.4, 0.5) is 8.78 Å². The van der Waals surface area contributed by atoms with Crippen LogP contribution < -0.4 is 10.7 Å². The summed E-state index contributed by atoms with van der Waals surface area (Å²) < 4.78 is 27.9. The van der Waals surface area contributed by atoms with Crippen molar-refractivity contribution in [2.24, 2.45) is 0 Å². The maximum atomic E-state index is 14.2. The molecule has 1 fully saturated rings. The number of nitrogens with one attached hydrogen (secondary N) is 2. The first kappa shape index (κ1) is 20.2. The second-order valence-corrected chi connectivity index (χ2v) is 7.82. The second kappa shape index (κ2) is 7.97. The molecule has 2 aromatic heterocycles. The van der Waals surface area contributed by atoms with Crippen LogP contribution in [0.1, 0.15) is 64.8 Å². The molecule has 1 amide bonds. The van der Waals surface area contributed by atoms with E-state index in [0.29, 0.717) is 11.1 Å². The Morgan fingerprint density at radius 3 is 2.63 bits per heavy atom. The van der Waals surface area contributed by atoms with Gasteiger partial charge in [0.15, 0.2) is 17.1 Å². The van der Waals surface area contributed by atoms with E-state index in [0.717, 1.165) is 36.9 Å². The maximum absolute atomic E-state index is 14.2. The van der Waals surface area contributed by atoms with Crippen LogP contribution in [0.2, 0.25) is 0 Å². The van der Waals surface area contributed by atoms with Crippen molar-refractivity contribution >= 4 is 16.8 Å². The van der Waals surface area contributed by atoms with Gasteiger partial charge in [-0.1, -0.05) is 18.9 Å². The number of benzene rings is 1. The zero-order valence-corrected chi connectivity index (χ0v) is 16.9. The Hall–Kier alpha value is -3.09. The molecule has 4 rings (SSSR count). The van der Waals surface area contributed by atoms with Crippen LogP contribution >= 0.6 is 0 Å². The smallest absolute Gasteiger partial charge is 0.270 e. The third kappa shape index (κ3) is 3.38. The minimum Gasteiger partial charge on any atom is -0.358 e. The standard InChI is InChI=1S/C23H23F2N3O2/c1-12-13(7-8-16(24)21(12)25)14-5-3-4-6-15(14)18-11-19(29)20-17(28-18)9-10-27-22(20)23(30)26-2/h7-11,14-15H,3-6H2,1-2H3,(H,26,30)(H,28,29)/t14?,15-/m1/s1. The number of H-pyrrole nitrogens is 1. The number of halogens is 2. The largest absolute Gasteiger partial charge is 0.358 e. The van der Waals surface area contributed by atoms with E-state index >= 15 is 0 Å². The van der Waals surface area contributed by atoms with Crippen LogP contribution in [-0.2, 0) is 0 Å². The minimum atomic E-state index is -0.850. The number of aromatic nitrogens is 2. The predicted octanol–water partition coefficient (Wildman–Crippen LogP) is 4.31. The van der Waals surface area contributed by atoms with E-state index in [2.05, 4.69) is 15.3 Å². The number of amides is 1. The topological polar surface area (TPSA) is 74.8 Å². The Morgan fingerprint density at radius 1 is 1.17 bits per heavy atom. The quantitative estimate of drug-likeness (QED) is 0.674. The number of rotatable bonds is 3. The van der Waals surface area contributed by atoms with Crippen LogP contribution in [0.5, 0.6) is 0 Å². The van der Waals surface area contributed by atoms with Gasteiger partial charge in [0.2, 0.25) is 0 Å². The molecule has 0 spiro atoms. The fourth-order valence-electron chi connectivity index (χ4n) is 4.65. The van der Waals surface area contributed by atoms with Gasteiger partial charge in [-0.05, 0) is 48.9 Å². The summed E-state index contributed by atoms with van der Waals surface area (Å²) in [5, 5.41) is 2.75. The van der Waals surface area contributed by atoms with Crippen LogP contribution in [0.3, 0.4) is 0 Å². The molecule has 1 unspecified atom stereocenters. The van der Waals surface area contributed by atoms with Gasteiger partial charge in [-0.2, -0.15) is 0 Å². The molecule has 0 bridgehead atoms. The fourth-order valence-corrected chi connectivity index (χ4v) is 4.65. The zero-order chi connectivity index (χ0) is 21.4. The second-order valence-electron chi connectivity index (χ2n) is 7.82. The Balaban J connectivity index is 1.83. The first-order valence-electron chi connectivity index (χ1n) is 10.1. The number of nitrogens with zero attached hydrogens (tertiary/aromatic N) is 1. The summed E-state index contributed by atoms with van der Waals surface area (Å²) in [7, 11) is 1.49. The molecular formula is C23H23F2N3O2. The van der Waals surface area contributed by atoms with Crippen molar-refractivity contribution in [3.05, 3.63) is 74.8 Å². The number of hydrogen-bond acceptors (Lipinski definition) is 3. The normalized spacial score (nSPS) is 19.1. The van der Waals surface area contributed by atoms with Crippen molar-refractivity contribution < 1.29 is 13.6 Å². The highest BCUT2D eigenvalue weighted by Crippen LogP contribution is 2.44. The highest BCUT2D eigenvalue weighted by Gasteiger charge is 2.31. The molecule has 0 saturated heterocycles. The summed E-state index contributed by atoms with van der Waals surface area (Å²) in [6, 6.07) is 6.03. The van der Waals surface area contributed by atoms with Gasteiger partial charge in [0.25, 0.3) is 5.91 Å². The lowest BCUT2D eigenvalue weighted by molar-refractivity contribution is 0.0960. The summed E-state index contributed by atoms with van der Waals surface area (Å²) in [6.07, 6.45) is 5.13. The van der Waals surface area contributed by atoms with E-state index in [-0.39, 0.29) is 28.3 Å². The van der Waals surface area contributed by atoms with Crippen LogP contribution in [0.15, 0.2) is 35.3 Å². The average Bonchev–Trinajstić information content (AvgIpc) is 2.76. The summed E-state index contributed by atoms with van der Waals surface area (Å²) >= 11 is 0. The zero-order valence-electron chi connectivity index (χ0n) is 16.9. The van der Waals surface area contributed by atoms with E-state index < -0.39 is 17.5 Å². The summed E-state index contributed by atoms with van der Waals surface area (Å²) in [5.74, 6) is -2.15. The first-order valence-corrected chi connectivity index (χ1v) is 10.1. The third-order valence-corrected chi connectivity index (χ3v) is 6.15. The van der Waals surface area contributed by atoms with Gasteiger partial charge in [0.1, 0.15) is 5.69 Å². The highest BCUT2D eigenvalue weighted by atomic mass is 19.2. The SMILES string of the molecule is CNC(=O)c1nccc2[nH]c([C@@H]3CCCCC3c3ccc(F)c(F)c3C)cc(=O)c12. The molecular weight excluding hydrogens is 388 g/mol. The number of carbonyl (C=O) groups excluding carboxylic acids is 1. The molecule has 2 atom stereocenters. The van der Waals surface area contributed by atoms with Gasteiger partial charge >= 0.3 is 0 Å². The number of aromatic amines is 1. The molecule has 0 aliphatic heterocycles. The summed E-state index contributed by atoms with van der Waals surface area (Å²) in [6.45, 7) is 1.60. The van der Waals surface area contributed by atoms with Crippen LogP contribution in [-0.4, -0.2) is 22.9 Å². The summed E-state index contributed by atoms with van der Waals surface area (Å²) in [5.41, 5.74) is 2.19. The van der Waals surface area contributed by atoms with Gasteiger partial charge < -0.3 is 10.3 Å². The van der Waals surface area contributed by atoms with Crippen molar-refractivity contribution in [3.63, 3.8) is 0 Å². The molecule has 1 aliphatic rings. The molecule has 1 saturated carbocycles. The molecule has 7 heteroatoms. The predicted molar refractivity (Wildman–Crippen MR) is 111 cm³/mol. The molecule has 156 valence electrons. The maximum Gasteiger partial charge on any atom is 0.270 e. The third-order valence-electron chi connectivity index (χ3n) is 6.15. The minimum absolute atomic E-state index is 0.0257. The molecule has 3 aromatic rings. The molecule has 2 heterocycles. The molecule has 30 heavy (non-hydrogen) atoms. The van der Waals surface area contributed by atoms with Crippen molar-refractivity contribution in [1.82, 2.24) is 15.3 Å². The van der Waals surface area contributed by atoms with Gasteiger partial charge in [-0.25, -0.2) is 8.78 Å². The van der Waals surface area contributed by atoms with E-state index in [9.17, 15) is 18.4 Å². The monoisotopic (exact) mass is 411 g/mol. The van der Waals surface area contributed by atoms with E-state index in [1.165, 1.54) is 25.4 Å². The van der Waals surface area contributed by atoms with Crippen LogP contribution in [0.25, 0.3) is 10.9 Å². The van der Waals surface area contributed by atoms with Gasteiger partial charge in [0.05, 0.1) is 10.9 Å². The van der Waals surface area contributed by atoms with Crippen LogP contribution in [0, 0.1) is 18.6 Å². The van der Waals surface area contributed by atoms with E-state index in [1.807, 2.05) is 0 Å². The average molecular weight is 411 g/mol. The lowest BCUT2D eigenvalue weighted by atomic mass is 9.72.